The zero-order valence-electron chi connectivity index (χ0n) is 7.03. The molecule has 1 aromatic carbocycles. The Labute approximate surface area is 75.5 Å². The number of hydrogen-bond donors (Lipinski definition) is 0. The molecule has 0 saturated carbocycles. The summed E-state index contributed by atoms with van der Waals surface area (Å²) in [6.07, 6.45) is 0. The van der Waals surface area contributed by atoms with Crippen LogP contribution in [0, 0.1) is 6.57 Å². The zero-order chi connectivity index (χ0) is 9.26. The van der Waals surface area contributed by atoms with Gasteiger partial charge in [0.25, 0.3) is 0 Å². The highest BCUT2D eigenvalue weighted by molar-refractivity contribution is 5.65. The summed E-state index contributed by atoms with van der Waals surface area (Å²) in [4.78, 5) is 3.31. The third-order valence-corrected chi connectivity index (χ3v) is 1.79. The fourth-order valence-electron chi connectivity index (χ4n) is 1.16. The molecule has 0 aromatic heterocycles. The fraction of sp³-hybridized carbons (Fsp3) is 0.222. The van der Waals surface area contributed by atoms with Gasteiger partial charge in [0, 0.05) is 6.07 Å². The van der Waals surface area contributed by atoms with E-state index in [4.69, 9.17) is 20.8 Å². The second kappa shape index (κ2) is 2.87. The molecule has 0 aliphatic carbocycles. The van der Waals surface area contributed by atoms with Crippen molar-refractivity contribution < 1.29 is 14.2 Å². The van der Waals surface area contributed by atoms with Crippen LogP contribution >= 0.6 is 0 Å². The van der Waals surface area contributed by atoms with Gasteiger partial charge in [-0.2, -0.15) is 0 Å². The van der Waals surface area contributed by atoms with Crippen LogP contribution in [0.3, 0.4) is 0 Å². The highest BCUT2D eigenvalue weighted by Crippen LogP contribution is 2.41. The van der Waals surface area contributed by atoms with E-state index in [0.29, 0.717) is 22.9 Å². The molecule has 0 fully saturated rings. The van der Waals surface area contributed by atoms with Gasteiger partial charge >= 0.3 is 0 Å². The number of hydrogen-bond acceptors (Lipinski definition) is 3. The lowest BCUT2D eigenvalue weighted by atomic mass is 10.2. The molecule has 2 rings (SSSR count). The van der Waals surface area contributed by atoms with Crippen LogP contribution in [-0.4, -0.2) is 13.9 Å². The molecule has 13 heavy (non-hydrogen) atoms. The number of nitrogens with zero attached hydrogens (tertiary/aromatic N) is 1. The first kappa shape index (κ1) is 7.74. The summed E-state index contributed by atoms with van der Waals surface area (Å²) in [5.41, 5.74) is 0.437. The first-order valence-corrected chi connectivity index (χ1v) is 3.70. The SMILES string of the molecule is [C-]#[N+]c1cc2c(cc1OC)OCO2. The summed E-state index contributed by atoms with van der Waals surface area (Å²) < 4.78 is 15.3. The summed E-state index contributed by atoms with van der Waals surface area (Å²) >= 11 is 0. The Morgan fingerprint density at radius 1 is 1.38 bits per heavy atom. The maximum absolute atomic E-state index is 6.90. The molecule has 0 bridgehead atoms. The molecule has 0 unspecified atom stereocenters. The van der Waals surface area contributed by atoms with Crippen LogP contribution in [0.2, 0.25) is 0 Å². The lowest BCUT2D eigenvalue weighted by molar-refractivity contribution is 0.174. The minimum absolute atomic E-state index is 0.208. The van der Waals surface area contributed by atoms with Crippen molar-refractivity contribution in [1.82, 2.24) is 0 Å². The minimum atomic E-state index is 0.208. The van der Waals surface area contributed by atoms with Gasteiger partial charge < -0.3 is 14.2 Å². The molecule has 1 aromatic rings. The molecule has 66 valence electrons. The van der Waals surface area contributed by atoms with Gasteiger partial charge in [-0.3, -0.25) is 0 Å². The van der Waals surface area contributed by atoms with Crippen molar-refractivity contribution in [2.24, 2.45) is 0 Å². The molecular weight excluding hydrogens is 170 g/mol. The van der Waals surface area contributed by atoms with E-state index in [2.05, 4.69) is 4.85 Å². The van der Waals surface area contributed by atoms with Crippen LogP contribution in [0.25, 0.3) is 4.85 Å². The maximum Gasteiger partial charge on any atom is 0.232 e. The summed E-state index contributed by atoms with van der Waals surface area (Å²) in [6, 6.07) is 3.28. The number of rotatable bonds is 1. The summed E-state index contributed by atoms with van der Waals surface area (Å²) in [6.45, 7) is 7.11. The first-order valence-electron chi connectivity index (χ1n) is 3.70. The van der Waals surface area contributed by atoms with Crippen LogP contribution in [0.4, 0.5) is 5.69 Å². The Hall–Kier alpha value is -1.89. The largest absolute Gasteiger partial charge is 0.508 e. The van der Waals surface area contributed by atoms with E-state index >= 15 is 0 Å². The van der Waals surface area contributed by atoms with Gasteiger partial charge in [-0.1, -0.05) is 0 Å². The third-order valence-electron chi connectivity index (χ3n) is 1.79. The van der Waals surface area contributed by atoms with E-state index in [1.54, 1.807) is 12.1 Å². The van der Waals surface area contributed by atoms with Gasteiger partial charge in [-0.15, -0.1) is 0 Å². The van der Waals surface area contributed by atoms with Crippen LogP contribution in [0.15, 0.2) is 12.1 Å². The average Bonchev–Trinajstić information content (AvgIpc) is 2.62. The summed E-state index contributed by atoms with van der Waals surface area (Å²) in [5, 5.41) is 0. The van der Waals surface area contributed by atoms with Gasteiger partial charge in [-0.25, -0.2) is 4.85 Å². The van der Waals surface area contributed by atoms with E-state index in [-0.39, 0.29) is 6.79 Å². The van der Waals surface area contributed by atoms with E-state index in [9.17, 15) is 0 Å². The molecule has 1 aliphatic rings. The summed E-state index contributed by atoms with van der Waals surface area (Å²) in [5.74, 6) is 1.75. The molecule has 0 amide bonds. The highest BCUT2D eigenvalue weighted by atomic mass is 16.7. The van der Waals surface area contributed by atoms with Crippen LogP contribution < -0.4 is 14.2 Å². The quantitative estimate of drug-likeness (QED) is 0.614. The topological polar surface area (TPSA) is 32.0 Å². The molecule has 1 aliphatic heterocycles. The van der Waals surface area contributed by atoms with Crippen molar-refractivity contribution in [1.29, 1.82) is 0 Å². The Morgan fingerprint density at radius 2 is 2.08 bits per heavy atom. The molecule has 4 nitrogen and oxygen atoms in total. The van der Waals surface area contributed by atoms with Crippen LogP contribution in [0.5, 0.6) is 17.2 Å². The molecule has 0 spiro atoms. The lowest BCUT2D eigenvalue weighted by Gasteiger charge is -2.03. The third kappa shape index (κ3) is 1.14. The Bertz CT molecular complexity index is 381. The smallest absolute Gasteiger partial charge is 0.232 e. The van der Waals surface area contributed by atoms with Crippen molar-refractivity contribution in [2.45, 2.75) is 0 Å². The Morgan fingerprint density at radius 3 is 2.69 bits per heavy atom. The number of fused-ring (bicyclic) bond motifs is 1. The predicted octanol–water partition coefficient (Wildman–Crippen LogP) is 1.97. The number of methoxy groups -OCH3 is 1. The summed E-state index contributed by atoms with van der Waals surface area (Å²) in [7, 11) is 1.52. The van der Waals surface area contributed by atoms with E-state index in [1.807, 2.05) is 0 Å². The highest BCUT2D eigenvalue weighted by Gasteiger charge is 2.17. The van der Waals surface area contributed by atoms with E-state index in [1.165, 1.54) is 7.11 Å². The van der Waals surface area contributed by atoms with E-state index in [0.717, 1.165) is 0 Å². The number of benzene rings is 1. The van der Waals surface area contributed by atoms with Gasteiger partial charge in [0.05, 0.1) is 13.7 Å². The fourth-order valence-corrected chi connectivity index (χ4v) is 1.16. The predicted molar refractivity (Wildman–Crippen MR) is 45.4 cm³/mol. The van der Waals surface area contributed by atoms with Gasteiger partial charge in [0.1, 0.15) is 5.75 Å². The molecule has 0 radical (unpaired) electrons. The monoisotopic (exact) mass is 177 g/mol. The Balaban J connectivity index is 2.55. The normalized spacial score (nSPS) is 12.3. The van der Waals surface area contributed by atoms with Gasteiger partial charge in [0.15, 0.2) is 11.5 Å². The molecule has 1 heterocycles. The van der Waals surface area contributed by atoms with Crippen LogP contribution in [-0.2, 0) is 0 Å². The second-order valence-corrected chi connectivity index (χ2v) is 2.49. The first-order chi connectivity index (χ1) is 6.35. The Kier molecular flexibility index (Phi) is 1.71. The molecular formula is C9H7NO3. The molecule has 4 heteroatoms. The standard InChI is InChI=1S/C9H7NO3/c1-10-6-3-8-9(13-5-12-8)4-7(6)11-2/h3-4H,5H2,2H3. The zero-order valence-corrected chi connectivity index (χ0v) is 7.03. The minimum Gasteiger partial charge on any atom is -0.508 e. The average molecular weight is 177 g/mol. The van der Waals surface area contributed by atoms with Crippen LogP contribution in [0.1, 0.15) is 0 Å². The van der Waals surface area contributed by atoms with E-state index < -0.39 is 0 Å². The van der Waals surface area contributed by atoms with Gasteiger partial charge in [0.2, 0.25) is 12.5 Å². The van der Waals surface area contributed by atoms with Crippen molar-refractivity contribution in [3.63, 3.8) is 0 Å². The molecule has 0 saturated heterocycles. The molecule has 0 N–H and O–H groups in total. The van der Waals surface area contributed by atoms with Crippen molar-refractivity contribution >= 4 is 5.69 Å². The number of ether oxygens (including phenoxy) is 3. The van der Waals surface area contributed by atoms with Crippen molar-refractivity contribution in [3.05, 3.63) is 23.5 Å². The maximum atomic E-state index is 6.90. The van der Waals surface area contributed by atoms with Gasteiger partial charge in [-0.05, 0) is 6.07 Å². The molecule has 0 atom stereocenters. The van der Waals surface area contributed by atoms with Crippen molar-refractivity contribution in [2.75, 3.05) is 13.9 Å². The second-order valence-electron chi connectivity index (χ2n) is 2.49. The van der Waals surface area contributed by atoms with Crippen molar-refractivity contribution in [3.8, 4) is 17.2 Å². The lowest BCUT2D eigenvalue weighted by Crippen LogP contribution is -1.92.